The van der Waals surface area contributed by atoms with Gasteiger partial charge in [-0.05, 0) is 49.3 Å². The van der Waals surface area contributed by atoms with Crippen LogP contribution >= 0.6 is 24.0 Å². The van der Waals surface area contributed by atoms with E-state index in [9.17, 15) is 4.79 Å². The fourth-order valence-electron chi connectivity index (χ4n) is 3.48. The number of guanidine groups is 1. The first kappa shape index (κ1) is 22.7. The molecule has 1 heterocycles. The van der Waals surface area contributed by atoms with Crippen LogP contribution in [0.25, 0.3) is 0 Å². The van der Waals surface area contributed by atoms with E-state index in [1.54, 1.807) is 0 Å². The van der Waals surface area contributed by atoms with Gasteiger partial charge in [0, 0.05) is 38.8 Å². The van der Waals surface area contributed by atoms with E-state index in [1.165, 1.54) is 12.8 Å². The Hall–Kier alpha value is -1.31. The number of carbonyl (C=O) groups excluding carboxylic acids is 1. The second-order valence-corrected chi connectivity index (χ2v) is 7.19. The van der Waals surface area contributed by atoms with E-state index in [1.807, 2.05) is 38.2 Å². The van der Waals surface area contributed by atoms with Crippen LogP contribution in [0.5, 0.6) is 0 Å². The Kier molecular flexibility index (Phi) is 9.98. The van der Waals surface area contributed by atoms with Crippen molar-refractivity contribution in [2.75, 3.05) is 26.7 Å². The molecule has 26 heavy (non-hydrogen) atoms. The van der Waals surface area contributed by atoms with Crippen molar-refractivity contribution in [1.82, 2.24) is 15.5 Å². The highest BCUT2D eigenvalue weighted by Gasteiger charge is 2.25. The molecule has 5 nitrogen and oxygen atoms in total. The molecule has 2 rings (SSSR count). The summed E-state index contributed by atoms with van der Waals surface area (Å²) in [5.74, 6) is 2.44. The Balaban J connectivity index is 0.00000338. The topological polar surface area (TPSA) is 56.7 Å². The molecule has 0 radical (unpaired) electrons. The number of carbonyl (C=O) groups is 1. The minimum atomic E-state index is -0.0233. The van der Waals surface area contributed by atoms with Crippen molar-refractivity contribution in [2.45, 2.75) is 40.2 Å². The molecular weight excluding hydrogens is 439 g/mol. The molecule has 1 aliphatic rings. The number of hydrogen-bond acceptors (Lipinski definition) is 2. The Labute approximate surface area is 175 Å². The van der Waals surface area contributed by atoms with Crippen LogP contribution in [0.2, 0.25) is 0 Å². The molecule has 0 aromatic heterocycles. The average Bonchev–Trinajstić information content (AvgIpc) is 3.03. The molecule has 0 spiro atoms. The highest BCUT2D eigenvalue weighted by atomic mass is 127. The first-order valence-electron chi connectivity index (χ1n) is 9.36. The predicted octanol–water partition coefficient (Wildman–Crippen LogP) is 3.50. The largest absolute Gasteiger partial charge is 0.352 e. The maximum Gasteiger partial charge on any atom is 0.251 e. The summed E-state index contributed by atoms with van der Waals surface area (Å²) < 4.78 is 0. The van der Waals surface area contributed by atoms with E-state index in [4.69, 9.17) is 0 Å². The number of benzene rings is 1. The van der Waals surface area contributed by atoms with Gasteiger partial charge in [0.2, 0.25) is 0 Å². The lowest BCUT2D eigenvalue weighted by atomic mass is 9.97. The molecule has 1 unspecified atom stereocenters. The predicted molar refractivity (Wildman–Crippen MR) is 119 cm³/mol. The van der Waals surface area contributed by atoms with Crippen molar-refractivity contribution in [3.63, 3.8) is 0 Å². The van der Waals surface area contributed by atoms with Gasteiger partial charge in [0.1, 0.15) is 0 Å². The van der Waals surface area contributed by atoms with Crippen molar-refractivity contribution in [1.29, 1.82) is 0 Å². The standard InChI is InChI=1S/C20H32N4O.HI/c1-5-22-19(25)18-8-6-7-16(12-18)13-23-20(21-4)24-10-9-17(14-24)11-15(2)3;/h6-8,12,15,17H,5,9-11,13-14H2,1-4H3,(H,21,23)(H,22,25);1H. The summed E-state index contributed by atoms with van der Waals surface area (Å²) in [5, 5.41) is 6.28. The smallest absolute Gasteiger partial charge is 0.251 e. The zero-order chi connectivity index (χ0) is 18.2. The lowest BCUT2D eigenvalue weighted by Crippen LogP contribution is -2.39. The molecule has 1 fully saturated rings. The zero-order valence-corrected chi connectivity index (χ0v) is 18.7. The highest BCUT2D eigenvalue weighted by Crippen LogP contribution is 2.23. The van der Waals surface area contributed by atoms with E-state index in [2.05, 4.69) is 34.4 Å². The van der Waals surface area contributed by atoms with Gasteiger partial charge < -0.3 is 15.5 Å². The molecule has 1 saturated heterocycles. The molecular formula is C20H33IN4O. The number of amides is 1. The van der Waals surface area contributed by atoms with Gasteiger partial charge in [-0.2, -0.15) is 0 Å². The van der Waals surface area contributed by atoms with Gasteiger partial charge in [-0.1, -0.05) is 26.0 Å². The molecule has 1 atom stereocenters. The van der Waals surface area contributed by atoms with E-state index in [0.29, 0.717) is 18.7 Å². The van der Waals surface area contributed by atoms with Gasteiger partial charge in [0.05, 0.1) is 0 Å². The van der Waals surface area contributed by atoms with Gasteiger partial charge in [-0.25, -0.2) is 0 Å². The van der Waals surface area contributed by atoms with Crippen LogP contribution in [-0.4, -0.2) is 43.4 Å². The normalized spacial score (nSPS) is 17.2. The molecule has 1 aliphatic heterocycles. The summed E-state index contributed by atoms with van der Waals surface area (Å²) in [6, 6.07) is 7.75. The Morgan fingerprint density at radius 3 is 2.77 bits per heavy atom. The second-order valence-electron chi connectivity index (χ2n) is 7.19. The van der Waals surface area contributed by atoms with Crippen molar-refractivity contribution in [3.8, 4) is 0 Å². The van der Waals surface area contributed by atoms with Crippen LogP contribution in [0.3, 0.4) is 0 Å². The third-order valence-corrected chi connectivity index (χ3v) is 4.58. The van der Waals surface area contributed by atoms with Gasteiger partial charge in [0.25, 0.3) is 5.91 Å². The summed E-state index contributed by atoms with van der Waals surface area (Å²) in [6.45, 7) is 9.96. The highest BCUT2D eigenvalue weighted by molar-refractivity contribution is 14.0. The van der Waals surface area contributed by atoms with Crippen LogP contribution in [0.15, 0.2) is 29.3 Å². The number of aliphatic imine (C=N–C) groups is 1. The van der Waals surface area contributed by atoms with Gasteiger partial charge in [-0.3, -0.25) is 9.79 Å². The number of nitrogens with zero attached hydrogens (tertiary/aromatic N) is 2. The van der Waals surface area contributed by atoms with Crippen LogP contribution < -0.4 is 10.6 Å². The summed E-state index contributed by atoms with van der Waals surface area (Å²) in [6.07, 6.45) is 2.52. The number of halogens is 1. The monoisotopic (exact) mass is 472 g/mol. The fraction of sp³-hybridized carbons (Fsp3) is 0.600. The lowest BCUT2D eigenvalue weighted by Gasteiger charge is -2.22. The van der Waals surface area contributed by atoms with Crippen LogP contribution in [-0.2, 0) is 6.54 Å². The molecule has 2 N–H and O–H groups in total. The van der Waals surface area contributed by atoms with Gasteiger partial charge >= 0.3 is 0 Å². The first-order chi connectivity index (χ1) is 12.0. The number of hydrogen-bond donors (Lipinski definition) is 2. The summed E-state index contributed by atoms with van der Waals surface area (Å²) >= 11 is 0. The second kappa shape index (κ2) is 11.4. The number of likely N-dealkylation sites (tertiary alicyclic amines) is 1. The molecule has 1 amide bonds. The van der Waals surface area contributed by atoms with Crippen molar-refractivity contribution >= 4 is 35.8 Å². The SMILES string of the molecule is CCNC(=O)c1cccc(CNC(=NC)N2CCC(CC(C)C)C2)c1.I. The molecule has 6 heteroatoms. The fourth-order valence-corrected chi connectivity index (χ4v) is 3.48. The summed E-state index contributed by atoms with van der Waals surface area (Å²) in [5.41, 5.74) is 1.79. The van der Waals surface area contributed by atoms with E-state index in [-0.39, 0.29) is 29.9 Å². The van der Waals surface area contributed by atoms with Crippen molar-refractivity contribution < 1.29 is 4.79 Å². The van der Waals surface area contributed by atoms with Gasteiger partial charge in [0.15, 0.2) is 5.96 Å². The Morgan fingerprint density at radius 1 is 1.35 bits per heavy atom. The van der Waals surface area contributed by atoms with E-state index in [0.717, 1.165) is 36.4 Å². The van der Waals surface area contributed by atoms with Crippen LogP contribution in [0, 0.1) is 11.8 Å². The van der Waals surface area contributed by atoms with E-state index < -0.39 is 0 Å². The third-order valence-electron chi connectivity index (χ3n) is 4.58. The number of rotatable bonds is 6. The zero-order valence-electron chi connectivity index (χ0n) is 16.4. The minimum Gasteiger partial charge on any atom is -0.352 e. The van der Waals surface area contributed by atoms with Gasteiger partial charge in [-0.15, -0.1) is 24.0 Å². The molecule has 0 aliphatic carbocycles. The van der Waals surface area contributed by atoms with Crippen molar-refractivity contribution in [3.05, 3.63) is 35.4 Å². The first-order valence-corrected chi connectivity index (χ1v) is 9.36. The molecule has 146 valence electrons. The molecule has 1 aromatic carbocycles. The maximum absolute atomic E-state index is 12.0. The van der Waals surface area contributed by atoms with Crippen LogP contribution in [0.1, 0.15) is 49.5 Å². The number of nitrogens with one attached hydrogen (secondary N) is 2. The molecule has 0 bridgehead atoms. The minimum absolute atomic E-state index is 0. The summed E-state index contributed by atoms with van der Waals surface area (Å²) in [7, 11) is 1.84. The quantitative estimate of drug-likeness (QED) is 0.379. The third kappa shape index (κ3) is 6.78. The molecule has 0 saturated carbocycles. The summed E-state index contributed by atoms with van der Waals surface area (Å²) in [4.78, 5) is 18.7. The van der Waals surface area contributed by atoms with Crippen LogP contribution in [0.4, 0.5) is 0 Å². The Bertz CT molecular complexity index is 603. The maximum atomic E-state index is 12.0. The van der Waals surface area contributed by atoms with E-state index >= 15 is 0 Å². The molecule has 1 aromatic rings. The lowest BCUT2D eigenvalue weighted by molar-refractivity contribution is 0.0955. The van der Waals surface area contributed by atoms with Crippen molar-refractivity contribution in [2.24, 2.45) is 16.8 Å². The Morgan fingerprint density at radius 2 is 2.12 bits per heavy atom. The average molecular weight is 472 g/mol.